The number of nitro benzene ring substituents is 1. The van der Waals surface area contributed by atoms with E-state index in [-0.39, 0.29) is 12.3 Å². The van der Waals surface area contributed by atoms with Gasteiger partial charge in [0.25, 0.3) is 5.69 Å². The van der Waals surface area contributed by atoms with Crippen LogP contribution in [0, 0.1) is 20.8 Å². The van der Waals surface area contributed by atoms with Gasteiger partial charge in [-0.15, -0.1) is 0 Å². The van der Waals surface area contributed by atoms with Gasteiger partial charge in [-0.25, -0.2) is 0 Å². The third-order valence-corrected chi connectivity index (χ3v) is 5.73. The van der Waals surface area contributed by atoms with Crippen LogP contribution >= 0.6 is 83.7 Å². The molecule has 0 bridgehead atoms. The minimum Gasteiger partial charge on any atom is -0.487 e. The van der Waals surface area contributed by atoms with Crippen LogP contribution in [0.2, 0.25) is 0 Å². The molecule has 0 radical (unpaired) electrons. The Morgan fingerprint density at radius 3 is 2.38 bits per heavy atom. The summed E-state index contributed by atoms with van der Waals surface area (Å²) in [6.45, 7) is 0.273. The molecule has 0 saturated heterocycles. The highest BCUT2D eigenvalue weighted by molar-refractivity contribution is 14.1. The molecule has 0 aromatic heterocycles. The molecule has 21 heavy (non-hydrogen) atoms. The Labute approximate surface area is 170 Å². The molecule has 0 unspecified atom stereocenters. The van der Waals surface area contributed by atoms with Crippen molar-refractivity contribution in [2.24, 2.45) is 0 Å². The van der Waals surface area contributed by atoms with E-state index in [1.165, 1.54) is 6.07 Å². The molecule has 2 aromatic rings. The van der Waals surface area contributed by atoms with Crippen LogP contribution in [0.15, 0.2) is 34.8 Å². The molecule has 2 rings (SSSR count). The van der Waals surface area contributed by atoms with Crippen LogP contribution < -0.4 is 4.74 Å². The molecule has 2 aromatic carbocycles. The maximum absolute atomic E-state index is 10.9. The Hall–Kier alpha value is 0.310. The van der Waals surface area contributed by atoms with Gasteiger partial charge in [0.1, 0.15) is 16.8 Å². The number of nitro groups is 1. The second-order valence-electron chi connectivity index (χ2n) is 3.99. The van der Waals surface area contributed by atoms with Crippen molar-refractivity contribution in [1.82, 2.24) is 0 Å². The molecule has 0 atom stereocenters. The van der Waals surface area contributed by atoms with E-state index >= 15 is 0 Å². The largest absolute Gasteiger partial charge is 0.487 e. The zero-order valence-corrected chi connectivity index (χ0v) is 18.3. The number of benzene rings is 2. The molecule has 0 heterocycles. The van der Waals surface area contributed by atoms with E-state index in [9.17, 15) is 10.1 Å². The molecule has 110 valence electrons. The average molecular weight is 686 g/mol. The van der Waals surface area contributed by atoms with Crippen molar-refractivity contribution in [3.05, 3.63) is 61.2 Å². The van der Waals surface area contributed by atoms with Gasteiger partial charge in [0, 0.05) is 15.2 Å². The smallest absolute Gasteiger partial charge is 0.283 e. The lowest BCUT2D eigenvalue weighted by atomic mass is 10.2. The average Bonchev–Trinajstić information content (AvgIpc) is 2.38. The van der Waals surface area contributed by atoms with Crippen LogP contribution in [-0.4, -0.2) is 4.92 Å². The lowest BCUT2D eigenvalue weighted by molar-refractivity contribution is -0.385. The Bertz CT molecular complexity index is 686. The highest BCUT2D eigenvalue weighted by Crippen LogP contribution is 2.32. The summed E-state index contributed by atoms with van der Waals surface area (Å²) in [5, 5.41) is 10.9. The molecule has 0 saturated carbocycles. The van der Waals surface area contributed by atoms with Crippen molar-refractivity contribution in [1.29, 1.82) is 0 Å². The lowest BCUT2D eigenvalue weighted by Gasteiger charge is -2.12. The van der Waals surface area contributed by atoms with E-state index in [1.54, 1.807) is 6.07 Å². The molecule has 0 aliphatic rings. The van der Waals surface area contributed by atoms with Gasteiger partial charge in [0.2, 0.25) is 0 Å². The van der Waals surface area contributed by atoms with Gasteiger partial charge in [-0.05, 0) is 95.8 Å². The quantitative estimate of drug-likeness (QED) is 0.234. The van der Waals surface area contributed by atoms with Crippen molar-refractivity contribution in [2.45, 2.75) is 6.61 Å². The summed E-state index contributed by atoms with van der Waals surface area (Å²) in [6, 6.07) is 8.99. The first-order chi connectivity index (χ1) is 9.90. The van der Waals surface area contributed by atoms with Crippen LogP contribution in [-0.2, 0) is 6.61 Å². The van der Waals surface area contributed by atoms with Crippen LogP contribution in [0.3, 0.4) is 0 Å². The fraction of sp³-hybridized carbons (Fsp3) is 0.0769. The van der Waals surface area contributed by atoms with Gasteiger partial charge in [-0.2, -0.15) is 0 Å². The first-order valence-corrected chi connectivity index (χ1v) is 9.62. The summed E-state index contributed by atoms with van der Waals surface area (Å²) in [5.41, 5.74) is 0.789. The van der Waals surface area contributed by atoms with Crippen LogP contribution in [0.5, 0.6) is 5.75 Å². The summed E-state index contributed by atoms with van der Waals surface area (Å²) in [4.78, 5) is 10.5. The topological polar surface area (TPSA) is 52.4 Å². The zero-order chi connectivity index (χ0) is 15.6. The highest BCUT2D eigenvalue weighted by atomic mass is 127. The maximum Gasteiger partial charge on any atom is 0.283 e. The summed E-state index contributed by atoms with van der Waals surface area (Å²) >= 11 is 9.99. The van der Waals surface area contributed by atoms with Crippen molar-refractivity contribution in [3.8, 4) is 5.75 Å². The van der Waals surface area contributed by atoms with Gasteiger partial charge in [0.05, 0.1) is 12.1 Å². The number of ether oxygens (including phenoxy) is 1. The molecule has 0 spiro atoms. The minimum absolute atomic E-state index is 0.0445. The third kappa shape index (κ3) is 4.41. The van der Waals surface area contributed by atoms with Crippen molar-refractivity contribution in [2.75, 3.05) is 0 Å². The van der Waals surface area contributed by atoms with E-state index in [0.29, 0.717) is 4.47 Å². The fourth-order valence-electron chi connectivity index (χ4n) is 1.64. The van der Waals surface area contributed by atoms with Gasteiger partial charge < -0.3 is 4.74 Å². The van der Waals surface area contributed by atoms with E-state index in [4.69, 9.17) is 4.74 Å². The number of hydrogen-bond donors (Lipinski definition) is 0. The predicted octanol–water partition coefficient (Wildman–Crippen LogP) is 5.75. The van der Waals surface area contributed by atoms with E-state index < -0.39 is 4.92 Å². The molecule has 0 amide bonds. The van der Waals surface area contributed by atoms with Crippen LogP contribution in [0.1, 0.15) is 5.56 Å². The third-order valence-electron chi connectivity index (χ3n) is 2.59. The van der Waals surface area contributed by atoms with Gasteiger partial charge in [0.15, 0.2) is 0 Å². The predicted molar refractivity (Wildman–Crippen MR) is 110 cm³/mol. The SMILES string of the molecule is O=[N+]([O-])c1cccc(COc2c(I)cc(I)cc2I)c1Br. The molecular weight excluding hydrogens is 679 g/mol. The molecule has 0 fully saturated rings. The van der Waals surface area contributed by atoms with Crippen LogP contribution in [0.4, 0.5) is 5.69 Å². The monoisotopic (exact) mass is 685 g/mol. The second kappa shape index (κ2) is 7.73. The van der Waals surface area contributed by atoms with Crippen molar-refractivity contribution < 1.29 is 9.66 Å². The Morgan fingerprint density at radius 1 is 1.19 bits per heavy atom. The summed E-state index contributed by atoms with van der Waals surface area (Å²) in [7, 11) is 0. The van der Waals surface area contributed by atoms with E-state index in [0.717, 1.165) is 22.0 Å². The van der Waals surface area contributed by atoms with Gasteiger partial charge >= 0.3 is 0 Å². The minimum atomic E-state index is -0.411. The normalized spacial score (nSPS) is 10.5. The van der Waals surface area contributed by atoms with E-state index in [1.807, 2.05) is 18.2 Å². The first-order valence-electron chi connectivity index (χ1n) is 5.59. The lowest BCUT2D eigenvalue weighted by Crippen LogP contribution is -2.01. The Kier molecular flexibility index (Phi) is 6.50. The molecule has 0 aliphatic carbocycles. The van der Waals surface area contributed by atoms with Crippen LogP contribution in [0.25, 0.3) is 0 Å². The maximum atomic E-state index is 10.9. The fourth-order valence-corrected chi connectivity index (χ4v) is 6.05. The zero-order valence-electron chi connectivity index (χ0n) is 10.3. The second-order valence-corrected chi connectivity index (χ2v) is 8.36. The Morgan fingerprint density at radius 2 is 1.81 bits per heavy atom. The number of nitrogens with zero attached hydrogens (tertiary/aromatic N) is 1. The molecule has 8 heteroatoms. The number of rotatable bonds is 4. The molecule has 0 aliphatic heterocycles. The number of hydrogen-bond acceptors (Lipinski definition) is 3. The van der Waals surface area contributed by atoms with Gasteiger partial charge in [-0.1, -0.05) is 12.1 Å². The summed E-state index contributed by atoms with van der Waals surface area (Å²) < 4.78 is 9.50. The first kappa shape index (κ1) is 17.7. The standard InChI is InChI=1S/C13H7BrI3NO3/c14-12-7(2-1-3-11(12)18(19)20)6-21-13-9(16)4-8(15)5-10(13)17/h1-5H,6H2. The summed E-state index contributed by atoms with van der Waals surface area (Å²) in [6.07, 6.45) is 0. The van der Waals surface area contributed by atoms with Crippen molar-refractivity contribution in [3.63, 3.8) is 0 Å². The molecular formula is C13H7BrI3NO3. The Balaban J connectivity index is 2.25. The number of halogens is 4. The summed E-state index contributed by atoms with van der Waals surface area (Å²) in [5.74, 6) is 0.801. The van der Waals surface area contributed by atoms with Crippen molar-refractivity contribution >= 4 is 89.4 Å². The van der Waals surface area contributed by atoms with Gasteiger partial charge in [-0.3, -0.25) is 10.1 Å². The molecule has 4 nitrogen and oxygen atoms in total. The molecule has 0 N–H and O–H groups in total. The van der Waals surface area contributed by atoms with E-state index in [2.05, 4.69) is 83.7 Å². The highest BCUT2D eigenvalue weighted by Gasteiger charge is 2.16.